The summed E-state index contributed by atoms with van der Waals surface area (Å²) >= 11 is 6.09. The summed E-state index contributed by atoms with van der Waals surface area (Å²) in [6.07, 6.45) is 1.49. The van der Waals surface area contributed by atoms with Crippen molar-refractivity contribution in [2.75, 3.05) is 23.8 Å². The van der Waals surface area contributed by atoms with Crippen LogP contribution in [0.1, 0.15) is 17.3 Å². The molecular weight excluding hydrogens is 274 g/mol. The average molecular weight is 290 g/mol. The van der Waals surface area contributed by atoms with Crippen LogP contribution in [-0.4, -0.2) is 24.5 Å². The number of rotatable bonds is 4. The summed E-state index contributed by atoms with van der Waals surface area (Å²) in [6, 6.07) is 11.1. The van der Waals surface area contributed by atoms with Crippen molar-refractivity contribution in [1.82, 2.24) is 4.98 Å². The monoisotopic (exact) mass is 289 g/mol. The molecule has 0 radical (unpaired) electrons. The van der Waals surface area contributed by atoms with Crippen molar-refractivity contribution in [3.8, 4) is 0 Å². The highest BCUT2D eigenvalue weighted by Gasteiger charge is 2.17. The van der Waals surface area contributed by atoms with Crippen LogP contribution in [0.5, 0.6) is 0 Å². The molecule has 0 aliphatic carbocycles. The van der Waals surface area contributed by atoms with Gasteiger partial charge in [0.05, 0.1) is 10.6 Å². The predicted molar refractivity (Wildman–Crippen MR) is 82.6 cm³/mol. The first-order chi connectivity index (χ1) is 9.63. The first-order valence-electron chi connectivity index (χ1n) is 6.36. The fraction of sp³-hybridized carbons (Fsp3) is 0.200. The zero-order valence-corrected chi connectivity index (χ0v) is 12.2. The van der Waals surface area contributed by atoms with Crippen LogP contribution < -0.4 is 10.2 Å². The summed E-state index contributed by atoms with van der Waals surface area (Å²) in [5, 5.41) is 3.41. The van der Waals surface area contributed by atoms with Crippen LogP contribution in [0.3, 0.4) is 0 Å². The largest absolute Gasteiger partial charge is 0.370 e. The first kappa shape index (κ1) is 14.3. The van der Waals surface area contributed by atoms with Gasteiger partial charge in [-0.15, -0.1) is 0 Å². The molecule has 104 valence electrons. The molecule has 0 aliphatic heterocycles. The second-order valence-electron chi connectivity index (χ2n) is 4.28. The number of aromatic nitrogens is 1. The highest BCUT2D eigenvalue weighted by Crippen LogP contribution is 2.22. The molecule has 1 heterocycles. The van der Waals surface area contributed by atoms with Crippen LogP contribution in [0, 0.1) is 0 Å². The van der Waals surface area contributed by atoms with Crippen LogP contribution in [0.2, 0.25) is 5.02 Å². The Morgan fingerprint density at radius 2 is 2.05 bits per heavy atom. The zero-order valence-electron chi connectivity index (χ0n) is 11.4. The number of pyridine rings is 1. The molecular formula is C15H16ClN3O. The number of anilines is 2. The molecule has 1 aromatic carbocycles. The second-order valence-corrected chi connectivity index (χ2v) is 4.69. The minimum atomic E-state index is -0.164. The van der Waals surface area contributed by atoms with Gasteiger partial charge in [0.15, 0.2) is 0 Å². The van der Waals surface area contributed by atoms with Crippen molar-refractivity contribution in [3.63, 3.8) is 0 Å². The quantitative estimate of drug-likeness (QED) is 0.938. The molecule has 4 nitrogen and oxygen atoms in total. The van der Waals surface area contributed by atoms with Gasteiger partial charge in [-0.25, -0.2) is 4.98 Å². The van der Waals surface area contributed by atoms with Crippen LogP contribution in [0.4, 0.5) is 11.5 Å². The van der Waals surface area contributed by atoms with Crippen molar-refractivity contribution >= 4 is 29.0 Å². The van der Waals surface area contributed by atoms with Gasteiger partial charge in [0.2, 0.25) is 0 Å². The molecule has 0 unspecified atom stereocenters. The molecule has 0 spiro atoms. The number of halogens is 1. The molecule has 0 saturated heterocycles. The summed E-state index contributed by atoms with van der Waals surface area (Å²) in [7, 11) is 1.72. The Hall–Kier alpha value is -2.07. The lowest BCUT2D eigenvalue weighted by Gasteiger charge is -2.18. The van der Waals surface area contributed by atoms with Gasteiger partial charge in [-0.3, -0.25) is 4.79 Å². The lowest BCUT2D eigenvalue weighted by atomic mass is 10.2. The van der Waals surface area contributed by atoms with E-state index in [0.717, 1.165) is 12.2 Å². The lowest BCUT2D eigenvalue weighted by Crippen LogP contribution is -2.26. The van der Waals surface area contributed by atoms with Gasteiger partial charge in [0, 0.05) is 25.5 Å². The van der Waals surface area contributed by atoms with E-state index in [1.54, 1.807) is 18.0 Å². The van der Waals surface area contributed by atoms with Gasteiger partial charge in [-0.2, -0.15) is 0 Å². The van der Waals surface area contributed by atoms with Gasteiger partial charge in [-0.05, 0) is 25.1 Å². The fourth-order valence-corrected chi connectivity index (χ4v) is 2.01. The van der Waals surface area contributed by atoms with Crippen molar-refractivity contribution < 1.29 is 4.79 Å². The SMILES string of the molecule is CCNc1cc(C(=O)N(C)c2ccccc2)c(Cl)cn1. The minimum absolute atomic E-state index is 0.164. The van der Waals surface area contributed by atoms with Crippen molar-refractivity contribution in [2.45, 2.75) is 6.92 Å². The first-order valence-corrected chi connectivity index (χ1v) is 6.73. The standard InChI is InChI=1S/C15H16ClN3O/c1-3-17-14-9-12(13(16)10-18-14)15(20)19(2)11-7-5-4-6-8-11/h4-10H,3H2,1-2H3,(H,17,18). The van der Waals surface area contributed by atoms with E-state index in [4.69, 9.17) is 11.6 Å². The molecule has 0 fully saturated rings. The average Bonchev–Trinajstić information content (AvgIpc) is 2.49. The number of amides is 1. The predicted octanol–water partition coefficient (Wildman–Crippen LogP) is 3.44. The smallest absolute Gasteiger partial charge is 0.259 e. The third-order valence-corrected chi connectivity index (χ3v) is 3.19. The number of nitrogens with zero attached hydrogens (tertiary/aromatic N) is 2. The Labute approximate surface area is 123 Å². The molecule has 1 aromatic heterocycles. The summed E-state index contributed by atoms with van der Waals surface area (Å²) in [4.78, 5) is 18.2. The summed E-state index contributed by atoms with van der Waals surface area (Å²) in [5.41, 5.74) is 1.25. The molecule has 2 rings (SSSR count). The topological polar surface area (TPSA) is 45.2 Å². The van der Waals surface area contributed by atoms with Crippen molar-refractivity contribution in [1.29, 1.82) is 0 Å². The second kappa shape index (κ2) is 6.39. The normalized spacial score (nSPS) is 10.2. The van der Waals surface area contributed by atoms with E-state index in [2.05, 4.69) is 10.3 Å². The Morgan fingerprint density at radius 3 is 2.70 bits per heavy atom. The van der Waals surface area contributed by atoms with Crippen LogP contribution in [-0.2, 0) is 0 Å². The molecule has 1 amide bonds. The van der Waals surface area contributed by atoms with E-state index in [-0.39, 0.29) is 5.91 Å². The molecule has 0 aliphatic rings. The van der Waals surface area contributed by atoms with E-state index in [9.17, 15) is 4.79 Å². The van der Waals surface area contributed by atoms with Gasteiger partial charge >= 0.3 is 0 Å². The number of carbonyl (C=O) groups is 1. The van der Waals surface area contributed by atoms with Crippen molar-refractivity contribution in [3.05, 3.63) is 53.2 Å². The number of carbonyl (C=O) groups excluding carboxylic acids is 1. The Morgan fingerprint density at radius 1 is 1.35 bits per heavy atom. The molecule has 1 N–H and O–H groups in total. The minimum Gasteiger partial charge on any atom is -0.370 e. The Kier molecular flexibility index (Phi) is 4.58. The van der Waals surface area contributed by atoms with Gasteiger partial charge in [-0.1, -0.05) is 29.8 Å². The maximum Gasteiger partial charge on any atom is 0.259 e. The van der Waals surface area contributed by atoms with Gasteiger partial charge in [0.1, 0.15) is 5.82 Å². The summed E-state index contributed by atoms with van der Waals surface area (Å²) in [6.45, 7) is 2.70. The number of hydrogen-bond donors (Lipinski definition) is 1. The molecule has 0 saturated carbocycles. The van der Waals surface area contributed by atoms with Crippen LogP contribution in [0.15, 0.2) is 42.6 Å². The van der Waals surface area contributed by atoms with E-state index in [0.29, 0.717) is 16.4 Å². The third kappa shape index (κ3) is 3.08. The molecule has 2 aromatic rings. The Balaban J connectivity index is 2.31. The molecule has 0 atom stereocenters. The van der Waals surface area contributed by atoms with Crippen LogP contribution in [0.25, 0.3) is 0 Å². The number of benzene rings is 1. The highest BCUT2D eigenvalue weighted by molar-refractivity contribution is 6.34. The van der Waals surface area contributed by atoms with E-state index in [1.165, 1.54) is 6.20 Å². The maximum absolute atomic E-state index is 12.5. The summed E-state index contributed by atoms with van der Waals surface area (Å²) < 4.78 is 0. The molecule has 20 heavy (non-hydrogen) atoms. The molecule has 5 heteroatoms. The zero-order chi connectivity index (χ0) is 14.5. The highest BCUT2D eigenvalue weighted by atomic mass is 35.5. The van der Waals surface area contributed by atoms with E-state index >= 15 is 0 Å². The van der Waals surface area contributed by atoms with Gasteiger partial charge in [0.25, 0.3) is 5.91 Å². The number of hydrogen-bond acceptors (Lipinski definition) is 3. The van der Waals surface area contributed by atoms with Crippen molar-refractivity contribution in [2.24, 2.45) is 0 Å². The van der Waals surface area contributed by atoms with E-state index < -0.39 is 0 Å². The maximum atomic E-state index is 12.5. The lowest BCUT2D eigenvalue weighted by molar-refractivity contribution is 0.0993. The van der Waals surface area contributed by atoms with Crippen LogP contribution >= 0.6 is 11.6 Å². The third-order valence-electron chi connectivity index (χ3n) is 2.89. The van der Waals surface area contributed by atoms with Gasteiger partial charge < -0.3 is 10.2 Å². The Bertz CT molecular complexity index is 601. The van der Waals surface area contributed by atoms with E-state index in [1.807, 2.05) is 37.3 Å². The molecule has 0 bridgehead atoms. The summed E-state index contributed by atoms with van der Waals surface area (Å²) in [5.74, 6) is 0.476. The number of nitrogens with one attached hydrogen (secondary N) is 1. The number of para-hydroxylation sites is 1. The fourth-order valence-electron chi connectivity index (χ4n) is 1.83.